The van der Waals surface area contributed by atoms with E-state index >= 15 is 0 Å². The fourth-order valence-corrected chi connectivity index (χ4v) is 3.57. The maximum atomic E-state index is 13.3. The van der Waals surface area contributed by atoms with Gasteiger partial charge in [0, 0.05) is 36.7 Å². The molecule has 3 rings (SSSR count). The number of halogens is 2. The number of hydrogen-bond donors (Lipinski definition) is 1. The van der Waals surface area contributed by atoms with Gasteiger partial charge in [-0.25, -0.2) is 14.4 Å². The molecule has 1 aromatic carbocycles. The summed E-state index contributed by atoms with van der Waals surface area (Å²) in [5, 5.41) is 3.45. The van der Waals surface area contributed by atoms with E-state index in [9.17, 15) is 4.39 Å². The van der Waals surface area contributed by atoms with Crippen LogP contribution in [0.25, 0.3) is 0 Å². The van der Waals surface area contributed by atoms with Gasteiger partial charge in [0.1, 0.15) is 23.8 Å². The number of aromatic nitrogens is 2. The van der Waals surface area contributed by atoms with Gasteiger partial charge in [-0.05, 0) is 24.6 Å². The first kappa shape index (κ1) is 16.3. The van der Waals surface area contributed by atoms with E-state index in [0.29, 0.717) is 0 Å². The van der Waals surface area contributed by atoms with Crippen molar-refractivity contribution in [1.82, 2.24) is 9.97 Å². The second-order valence-electron chi connectivity index (χ2n) is 5.40. The lowest BCUT2D eigenvalue weighted by Gasteiger charge is -2.27. The minimum Gasteiger partial charge on any atom is -0.363 e. The minimum atomic E-state index is -0.407. The number of benzene rings is 1. The molecule has 4 nitrogen and oxygen atoms in total. The van der Waals surface area contributed by atoms with Crippen LogP contribution in [0.3, 0.4) is 0 Å². The average Bonchev–Trinajstić information content (AvgIpc) is 2.58. The van der Waals surface area contributed by atoms with Gasteiger partial charge in [-0.3, -0.25) is 0 Å². The molecule has 0 radical (unpaired) electrons. The minimum absolute atomic E-state index is 0.0345. The molecule has 122 valence electrons. The molecule has 1 saturated heterocycles. The summed E-state index contributed by atoms with van der Waals surface area (Å²) in [6.07, 6.45) is 1.57. The van der Waals surface area contributed by atoms with Crippen LogP contribution in [0.15, 0.2) is 30.6 Å². The standard InChI is InChI=1S/C16H18ClFN4S/c1-11(12-2-3-14(18)13(17)8-12)21-15-9-16(20-10-19-15)22-4-6-23-7-5-22/h2-3,8-11H,4-7H2,1H3,(H,19,20,21). The molecule has 1 unspecified atom stereocenters. The van der Waals surface area contributed by atoms with Crippen molar-refractivity contribution in [2.24, 2.45) is 0 Å². The van der Waals surface area contributed by atoms with E-state index in [0.717, 1.165) is 41.8 Å². The first-order chi connectivity index (χ1) is 11.1. The van der Waals surface area contributed by atoms with E-state index < -0.39 is 5.82 Å². The molecule has 0 amide bonds. The lowest BCUT2D eigenvalue weighted by molar-refractivity contribution is 0.627. The predicted molar refractivity (Wildman–Crippen MR) is 95.0 cm³/mol. The second kappa shape index (κ2) is 7.36. The van der Waals surface area contributed by atoms with Crippen LogP contribution in [-0.4, -0.2) is 34.6 Å². The summed E-state index contributed by atoms with van der Waals surface area (Å²) in [5.41, 5.74) is 0.908. The Labute approximate surface area is 144 Å². The zero-order chi connectivity index (χ0) is 16.2. The molecule has 2 heterocycles. The van der Waals surface area contributed by atoms with E-state index in [4.69, 9.17) is 11.6 Å². The van der Waals surface area contributed by atoms with Gasteiger partial charge in [0.25, 0.3) is 0 Å². The Bertz CT molecular complexity index is 679. The van der Waals surface area contributed by atoms with Crippen LogP contribution in [-0.2, 0) is 0 Å². The van der Waals surface area contributed by atoms with Crippen LogP contribution in [0.1, 0.15) is 18.5 Å². The highest BCUT2D eigenvalue weighted by molar-refractivity contribution is 7.99. The van der Waals surface area contributed by atoms with Gasteiger partial charge in [-0.1, -0.05) is 17.7 Å². The number of anilines is 2. The van der Waals surface area contributed by atoms with Crippen LogP contribution in [0, 0.1) is 5.82 Å². The molecule has 1 atom stereocenters. The molecular weight excluding hydrogens is 335 g/mol. The summed E-state index contributed by atoms with van der Waals surface area (Å²) >= 11 is 7.81. The lowest BCUT2D eigenvalue weighted by atomic mass is 10.1. The summed E-state index contributed by atoms with van der Waals surface area (Å²) in [4.78, 5) is 10.9. The molecular formula is C16H18ClFN4S. The van der Waals surface area contributed by atoms with Crippen LogP contribution >= 0.6 is 23.4 Å². The summed E-state index contributed by atoms with van der Waals surface area (Å²) in [6, 6.07) is 6.67. The SMILES string of the molecule is CC(Nc1cc(N2CCSCC2)ncn1)c1ccc(F)c(Cl)c1. The Kier molecular flexibility index (Phi) is 5.23. The highest BCUT2D eigenvalue weighted by atomic mass is 35.5. The quantitative estimate of drug-likeness (QED) is 0.900. The first-order valence-corrected chi connectivity index (χ1v) is 9.03. The molecule has 1 aromatic heterocycles. The van der Waals surface area contributed by atoms with E-state index in [-0.39, 0.29) is 11.1 Å². The summed E-state index contributed by atoms with van der Waals surface area (Å²) < 4.78 is 13.3. The van der Waals surface area contributed by atoms with Gasteiger partial charge in [0.2, 0.25) is 0 Å². The predicted octanol–water partition coefficient (Wildman–Crippen LogP) is 4.00. The van der Waals surface area contributed by atoms with Crippen LogP contribution < -0.4 is 10.2 Å². The van der Waals surface area contributed by atoms with E-state index in [1.165, 1.54) is 6.07 Å². The van der Waals surface area contributed by atoms with Gasteiger partial charge in [-0.2, -0.15) is 11.8 Å². The van der Waals surface area contributed by atoms with Gasteiger partial charge < -0.3 is 10.2 Å². The van der Waals surface area contributed by atoms with E-state index in [1.54, 1.807) is 18.5 Å². The van der Waals surface area contributed by atoms with Crippen LogP contribution in [0.4, 0.5) is 16.0 Å². The largest absolute Gasteiger partial charge is 0.363 e. The molecule has 1 N–H and O–H groups in total. The van der Waals surface area contributed by atoms with Crippen molar-refractivity contribution >= 4 is 35.0 Å². The molecule has 0 spiro atoms. The van der Waals surface area contributed by atoms with E-state index in [2.05, 4.69) is 20.2 Å². The lowest BCUT2D eigenvalue weighted by Crippen LogP contribution is -2.33. The van der Waals surface area contributed by atoms with Crippen molar-refractivity contribution in [2.75, 3.05) is 34.8 Å². The summed E-state index contributed by atoms with van der Waals surface area (Å²) in [5.74, 6) is 3.53. The van der Waals surface area contributed by atoms with Crippen molar-refractivity contribution < 1.29 is 4.39 Å². The van der Waals surface area contributed by atoms with Crippen LogP contribution in [0.2, 0.25) is 5.02 Å². The van der Waals surface area contributed by atoms with Gasteiger partial charge in [-0.15, -0.1) is 0 Å². The fourth-order valence-electron chi connectivity index (χ4n) is 2.48. The Balaban J connectivity index is 1.72. The molecule has 0 aliphatic carbocycles. The zero-order valence-electron chi connectivity index (χ0n) is 12.8. The topological polar surface area (TPSA) is 41.0 Å². The maximum Gasteiger partial charge on any atom is 0.141 e. The number of nitrogens with zero attached hydrogens (tertiary/aromatic N) is 3. The van der Waals surface area contributed by atoms with Crippen molar-refractivity contribution in [1.29, 1.82) is 0 Å². The number of hydrogen-bond acceptors (Lipinski definition) is 5. The zero-order valence-corrected chi connectivity index (χ0v) is 14.4. The monoisotopic (exact) mass is 352 g/mol. The van der Waals surface area contributed by atoms with Gasteiger partial charge in [0.05, 0.1) is 5.02 Å². The molecule has 1 fully saturated rings. The second-order valence-corrected chi connectivity index (χ2v) is 7.03. The molecule has 0 saturated carbocycles. The fraction of sp³-hybridized carbons (Fsp3) is 0.375. The van der Waals surface area contributed by atoms with Crippen molar-refractivity contribution in [3.8, 4) is 0 Å². The average molecular weight is 353 g/mol. The number of rotatable bonds is 4. The van der Waals surface area contributed by atoms with Crippen molar-refractivity contribution in [2.45, 2.75) is 13.0 Å². The van der Waals surface area contributed by atoms with Crippen molar-refractivity contribution in [3.63, 3.8) is 0 Å². The van der Waals surface area contributed by atoms with Gasteiger partial charge >= 0.3 is 0 Å². The summed E-state index contributed by atoms with van der Waals surface area (Å²) in [7, 11) is 0. The number of nitrogens with one attached hydrogen (secondary N) is 1. The number of thioether (sulfide) groups is 1. The molecule has 1 aliphatic rings. The maximum absolute atomic E-state index is 13.3. The Morgan fingerprint density at radius 3 is 2.78 bits per heavy atom. The third-order valence-electron chi connectivity index (χ3n) is 3.80. The Morgan fingerprint density at radius 1 is 1.26 bits per heavy atom. The Hall–Kier alpha value is -1.53. The third-order valence-corrected chi connectivity index (χ3v) is 5.03. The van der Waals surface area contributed by atoms with Crippen LogP contribution in [0.5, 0.6) is 0 Å². The molecule has 23 heavy (non-hydrogen) atoms. The molecule has 7 heteroatoms. The molecule has 2 aromatic rings. The molecule has 0 bridgehead atoms. The van der Waals surface area contributed by atoms with E-state index in [1.807, 2.05) is 24.8 Å². The normalized spacial score (nSPS) is 16.2. The van der Waals surface area contributed by atoms with Crippen molar-refractivity contribution in [3.05, 3.63) is 47.0 Å². The smallest absolute Gasteiger partial charge is 0.141 e. The highest BCUT2D eigenvalue weighted by Crippen LogP contribution is 2.24. The highest BCUT2D eigenvalue weighted by Gasteiger charge is 2.14. The third kappa shape index (κ3) is 4.06. The van der Waals surface area contributed by atoms with Gasteiger partial charge in [0.15, 0.2) is 0 Å². The molecule has 1 aliphatic heterocycles. The first-order valence-electron chi connectivity index (χ1n) is 7.50. The Morgan fingerprint density at radius 2 is 2.04 bits per heavy atom. The summed E-state index contributed by atoms with van der Waals surface area (Å²) in [6.45, 7) is 4.00.